The number of halogens is 2. The Hall–Kier alpha value is -1.67. The van der Waals surface area contributed by atoms with E-state index in [1.54, 1.807) is 6.07 Å². The molecule has 6 heteroatoms. The Morgan fingerprint density at radius 3 is 2.38 bits per heavy atom. The fraction of sp³-hybridized carbons (Fsp3) is 0.350. The zero-order valence-electron chi connectivity index (χ0n) is 15.3. The van der Waals surface area contributed by atoms with Crippen molar-refractivity contribution in [2.75, 3.05) is 13.2 Å². The molecule has 0 aliphatic carbocycles. The molecule has 0 aliphatic heterocycles. The number of hydrogen-bond acceptors (Lipinski definition) is 2. The summed E-state index contributed by atoms with van der Waals surface area (Å²) >= 11 is 0. The van der Waals surface area contributed by atoms with Crippen molar-refractivity contribution in [1.29, 1.82) is 0 Å². The molecule has 2 aromatic carbocycles. The van der Waals surface area contributed by atoms with E-state index < -0.39 is 0 Å². The van der Waals surface area contributed by atoms with Crippen LogP contribution in [0.15, 0.2) is 53.5 Å². The third-order valence-corrected chi connectivity index (χ3v) is 3.61. The van der Waals surface area contributed by atoms with E-state index in [9.17, 15) is 4.39 Å². The molecule has 2 N–H and O–H groups in total. The van der Waals surface area contributed by atoms with E-state index in [4.69, 9.17) is 4.74 Å². The van der Waals surface area contributed by atoms with Crippen molar-refractivity contribution in [2.24, 2.45) is 4.99 Å². The molecule has 2 aromatic rings. The van der Waals surface area contributed by atoms with Crippen molar-refractivity contribution in [3.8, 4) is 0 Å². The molecule has 0 saturated carbocycles. The number of ether oxygens (including phenoxy) is 1. The van der Waals surface area contributed by atoms with Gasteiger partial charge in [0.15, 0.2) is 5.96 Å². The van der Waals surface area contributed by atoms with Gasteiger partial charge in [0.25, 0.3) is 0 Å². The lowest BCUT2D eigenvalue weighted by molar-refractivity contribution is 0.134. The number of benzene rings is 2. The molecule has 142 valence electrons. The van der Waals surface area contributed by atoms with Crippen molar-refractivity contribution in [3.05, 3.63) is 71.0 Å². The second kappa shape index (κ2) is 12.6. The summed E-state index contributed by atoms with van der Waals surface area (Å²) in [6.07, 6.45) is 0. The second-order valence-corrected chi connectivity index (χ2v) is 5.63. The molecule has 4 nitrogen and oxygen atoms in total. The first-order valence-corrected chi connectivity index (χ1v) is 8.63. The molecule has 0 aromatic heterocycles. The first-order chi connectivity index (χ1) is 12.2. The van der Waals surface area contributed by atoms with Gasteiger partial charge >= 0.3 is 0 Å². The molecule has 0 spiro atoms. The second-order valence-electron chi connectivity index (χ2n) is 5.63. The number of nitrogens with zero attached hydrogens (tertiary/aromatic N) is 1. The van der Waals surface area contributed by atoms with Gasteiger partial charge in [0.2, 0.25) is 0 Å². The van der Waals surface area contributed by atoms with Crippen LogP contribution in [0.5, 0.6) is 0 Å². The predicted octanol–water partition coefficient (Wildman–Crippen LogP) is 4.24. The van der Waals surface area contributed by atoms with E-state index in [2.05, 4.69) is 39.9 Å². The summed E-state index contributed by atoms with van der Waals surface area (Å²) in [6.45, 7) is 7.23. The number of hydrogen-bond donors (Lipinski definition) is 2. The van der Waals surface area contributed by atoms with Crippen molar-refractivity contribution in [2.45, 2.75) is 33.5 Å². The monoisotopic (exact) mass is 471 g/mol. The maximum atomic E-state index is 13.2. The predicted molar refractivity (Wildman–Crippen MR) is 115 cm³/mol. The van der Waals surface area contributed by atoms with Crippen LogP contribution in [0.4, 0.5) is 4.39 Å². The summed E-state index contributed by atoms with van der Waals surface area (Å²) in [6, 6.07) is 14.8. The molecule has 0 bridgehead atoms. The Morgan fingerprint density at radius 1 is 1.00 bits per heavy atom. The van der Waals surface area contributed by atoms with Crippen LogP contribution in [0, 0.1) is 5.82 Å². The molecular formula is C20H27FIN3O. The molecule has 26 heavy (non-hydrogen) atoms. The Bertz CT molecular complexity index is 677. The van der Waals surface area contributed by atoms with Gasteiger partial charge in [0.1, 0.15) is 5.82 Å². The van der Waals surface area contributed by atoms with Crippen LogP contribution in [0.25, 0.3) is 0 Å². The lowest BCUT2D eigenvalue weighted by atomic mass is 10.1. The topological polar surface area (TPSA) is 45.7 Å². The highest BCUT2D eigenvalue weighted by atomic mass is 127. The van der Waals surface area contributed by atoms with Gasteiger partial charge in [-0.15, -0.1) is 24.0 Å². The minimum atomic E-state index is -0.238. The van der Waals surface area contributed by atoms with E-state index in [1.165, 1.54) is 12.1 Å². The summed E-state index contributed by atoms with van der Waals surface area (Å²) in [5, 5.41) is 6.50. The van der Waals surface area contributed by atoms with Crippen LogP contribution in [-0.2, 0) is 24.4 Å². The molecule has 0 amide bonds. The zero-order chi connectivity index (χ0) is 17.9. The van der Waals surface area contributed by atoms with Gasteiger partial charge in [-0.05, 0) is 42.7 Å². The van der Waals surface area contributed by atoms with Crippen molar-refractivity contribution >= 4 is 29.9 Å². The summed E-state index contributed by atoms with van der Waals surface area (Å²) in [7, 11) is 0. The van der Waals surface area contributed by atoms with Gasteiger partial charge in [0.05, 0.1) is 13.2 Å². The molecule has 0 saturated heterocycles. The van der Waals surface area contributed by atoms with E-state index in [0.29, 0.717) is 25.7 Å². The number of nitrogens with one attached hydrogen (secondary N) is 2. The average molecular weight is 471 g/mol. The zero-order valence-corrected chi connectivity index (χ0v) is 17.6. The number of rotatable bonds is 8. The van der Waals surface area contributed by atoms with E-state index >= 15 is 0 Å². The van der Waals surface area contributed by atoms with Crippen LogP contribution in [0.1, 0.15) is 30.5 Å². The van der Waals surface area contributed by atoms with Gasteiger partial charge in [-0.2, -0.15) is 0 Å². The standard InChI is InChI=1S/C20H26FN3O.HI/c1-3-22-20(24-14-18-6-5-7-19(21)12-18)23-13-16-8-10-17(11-9-16)15-25-4-2;/h5-12H,3-4,13-15H2,1-2H3,(H2,22,23,24);1H. The van der Waals surface area contributed by atoms with Crippen LogP contribution in [-0.4, -0.2) is 19.1 Å². The van der Waals surface area contributed by atoms with E-state index in [1.807, 2.05) is 19.9 Å². The molecule has 0 unspecified atom stereocenters. The highest BCUT2D eigenvalue weighted by molar-refractivity contribution is 14.0. The summed E-state index contributed by atoms with van der Waals surface area (Å²) in [5.74, 6) is 0.475. The largest absolute Gasteiger partial charge is 0.377 e. The van der Waals surface area contributed by atoms with Crippen molar-refractivity contribution in [1.82, 2.24) is 10.6 Å². The maximum absolute atomic E-state index is 13.2. The summed E-state index contributed by atoms with van der Waals surface area (Å²) in [5.41, 5.74) is 3.17. The molecule has 2 rings (SSSR count). The van der Waals surface area contributed by atoms with Gasteiger partial charge < -0.3 is 15.4 Å². The maximum Gasteiger partial charge on any atom is 0.191 e. The lowest BCUT2D eigenvalue weighted by Crippen LogP contribution is -2.36. The van der Waals surface area contributed by atoms with Gasteiger partial charge in [-0.25, -0.2) is 9.38 Å². The smallest absolute Gasteiger partial charge is 0.191 e. The van der Waals surface area contributed by atoms with Crippen LogP contribution in [0.2, 0.25) is 0 Å². The minimum absolute atomic E-state index is 0. The number of aliphatic imine (C=N–C) groups is 1. The average Bonchev–Trinajstić information content (AvgIpc) is 2.63. The Morgan fingerprint density at radius 2 is 1.73 bits per heavy atom. The highest BCUT2D eigenvalue weighted by Gasteiger charge is 2.00. The van der Waals surface area contributed by atoms with Gasteiger partial charge in [0, 0.05) is 19.7 Å². The lowest BCUT2D eigenvalue weighted by Gasteiger charge is -2.12. The third-order valence-electron chi connectivity index (χ3n) is 3.61. The van der Waals surface area contributed by atoms with E-state index in [-0.39, 0.29) is 29.8 Å². The van der Waals surface area contributed by atoms with Crippen molar-refractivity contribution in [3.63, 3.8) is 0 Å². The first kappa shape index (κ1) is 22.4. The van der Waals surface area contributed by atoms with Gasteiger partial charge in [-0.1, -0.05) is 36.4 Å². The quantitative estimate of drug-likeness (QED) is 0.344. The first-order valence-electron chi connectivity index (χ1n) is 8.63. The van der Waals surface area contributed by atoms with Gasteiger partial charge in [-0.3, -0.25) is 0 Å². The Kier molecular flexibility index (Phi) is 10.9. The number of guanidine groups is 1. The fourth-order valence-electron chi connectivity index (χ4n) is 2.31. The molecule has 0 radical (unpaired) electrons. The highest BCUT2D eigenvalue weighted by Crippen LogP contribution is 2.06. The van der Waals surface area contributed by atoms with Crippen molar-refractivity contribution < 1.29 is 9.13 Å². The summed E-state index contributed by atoms with van der Waals surface area (Å²) in [4.78, 5) is 4.51. The Balaban J connectivity index is 0.00000338. The molecule has 0 fully saturated rings. The van der Waals surface area contributed by atoms with E-state index in [0.717, 1.165) is 29.8 Å². The SMILES string of the molecule is CCNC(=NCc1cccc(F)c1)NCc1ccc(COCC)cc1.I. The Labute approximate surface area is 172 Å². The summed E-state index contributed by atoms with van der Waals surface area (Å²) < 4.78 is 18.6. The minimum Gasteiger partial charge on any atom is -0.377 e. The van der Waals surface area contributed by atoms with Crippen LogP contribution in [0.3, 0.4) is 0 Å². The molecule has 0 aliphatic rings. The third kappa shape index (κ3) is 8.14. The molecule has 0 atom stereocenters. The molecular weight excluding hydrogens is 444 g/mol. The van der Waals surface area contributed by atoms with Crippen LogP contribution < -0.4 is 10.6 Å². The normalized spacial score (nSPS) is 11.0. The fourth-order valence-corrected chi connectivity index (χ4v) is 2.31. The van der Waals surface area contributed by atoms with Crippen LogP contribution >= 0.6 is 24.0 Å². The molecule has 0 heterocycles.